The van der Waals surface area contributed by atoms with Crippen LogP contribution in [0.2, 0.25) is 5.02 Å². The molecule has 0 fully saturated rings. The third-order valence-corrected chi connectivity index (χ3v) is 3.19. The van der Waals surface area contributed by atoms with Crippen LogP contribution in [0.25, 0.3) is 0 Å². The van der Waals surface area contributed by atoms with Crippen molar-refractivity contribution in [2.75, 3.05) is 18.1 Å². The lowest BCUT2D eigenvalue weighted by molar-refractivity contribution is 0.101. The molecule has 1 aromatic rings. The Kier molecular flexibility index (Phi) is 5.71. The van der Waals surface area contributed by atoms with Crippen molar-refractivity contribution >= 4 is 29.1 Å². The van der Waals surface area contributed by atoms with Crippen LogP contribution < -0.4 is 4.74 Å². The van der Waals surface area contributed by atoms with Crippen LogP contribution in [0, 0.1) is 0 Å². The topological polar surface area (TPSA) is 26.3 Å². The predicted molar refractivity (Wildman–Crippen MR) is 70.0 cm³/mol. The molecule has 0 aliphatic rings. The monoisotopic (exact) mass is 258 g/mol. The van der Waals surface area contributed by atoms with Crippen LogP contribution in [0.4, 0.5) is 0 Å². The third-order valence-electron chi connectivity index (χ3n) is 2.03. The maximum absolute atomic E-state index is 11.1. The largest absolute Gasteiger partial charge is 0.491 e. The summed E-state index contributed by atoms with van der Waals surface area (Å²) in [6, 6.07) is 5.12. The van der Waals surface area contributed by atoms with E-state index in [4.69, 9.17) is 16.3 Å². The maximum Gasteiger partial charge on any atom is 0.159 e. The van der Waals surface area contributed by atoms with Gasteiger partial charge in [0.1, 0.15) is 5.75 Å². The number of thioether (sulfide) groups is 1. The molecule has 0 unspecified atom stereocenters. The van der Waals surface area contributed by atoms with E-state index in [2.05, 4.69) is 6.92 Å². The molecule has 1 aromatic carbocycles. The van der Waals surface area contributed by atoms with Gasteiger partial charge in [0.05, 0.1) is 11.6 Å². The van der Waals surface area contributed by atoms with Crippen LogP contribution >= 0.6 is 23.4 Å². The van der Waals surface area contributed by atoms with Crippen molar-refractivity contribution in [3.63, 3.8) is 0 Å². The zero-order valence-corrected chi connectivity index (χ0v) is 11.0. The van der Waals surface area contributed by atoms with Crippen LogP contribution in [0.3, 0.4) is 0 Å². The molecule has 0 saturated heterocycles. The van der Waals surface area contributed by atoms with Crippen LogP contribution in [0.5, 0.6) is 5.75 Å². The first kappa shape index (κ1) is 13.4. The van der Waals surface area contributed by atoms with E-state index in [1.165, 1.54) is 6.92 Å². The minimum Gasteiger partial charge on any atom is -0.491 e. The standard InChI is InChI=1S/C12H15ClO2S/c1-3-16-7-6-15-12-5-4-10(9(2)14)8-11(12)13/h4-5,8H,3,6-7H2,1-2H3. The zero-order chi connectivity index (χ0) is 12.0. The van der Waals surface area contributed by atoms with Crippen molar-refractivity contribution in [2.24, 2.45) is 0 Å². The molecule has 4 heteroatoms. The molecule has 2 nitrogen and oxygen atoms in total. The quantitative estimate of drug-likeness (QED) is 0.575. The van der Waals surface area contributed by atoms with Crippen molar-refractivity contribution in [1.82, 2.24) is 0 Å². The Hall–Kier alpha value is -0.670. The van der Waals surface area contributed by atoms with Gasteiger partial charge in [-0.2, -0.15) is 11.8 Å². The van der Waals surface area contributed by atoms with Gasteiger partial charge in [-0.3, -0.25) is 4.79 Å². The highest BCUT2D eigenvalue weighted by atomic mass is 35.5. The van der Waals surface area contributed by atoms with Crippen molar-refractivity contribution in [3.05, 3.63) is 28.8 Å². The fourth-order valence-corrected chi connectivity index (χ4v) is 1.92. The Bertz CT molecular complexity index is 366. The first-order chi connectivity index (χ1) is 7.65. The van der Waals surface area contributed by atoms with Crippen LogP contribution in [-0.4, -0.2) is 23.9 Å². The number of carbonyl (C=O) groups excluding carboxylic acids is 1. The van der Waals surface area contributed by atoms with Crippen molar-refractivity contribution in [3.8, 4) is 5.75 Å². The second-order valence-electron chi connectivity index (χ2n) is 3.25. The number of ketones is 1. The average molecular weight is 259 g/mol. The Morgan fingerprint density at radius 1 is 1.50 bits per heavy atom. The number of rotatable bonds is 6. The Balaban J connectivity index is 2.57. The lowest BCUT2D eigenvalue weighted by Crippen LogP contribution is -2.01. The summed E-state index contributed by atoms with van der Waals surface area (Å²) >= 11 is 7.82. The molecule has 16 heavy (non-hydrogen) atoms. The molecular formula is C12H15ClO2S. The van der Waals surface area contributed by atoms with Gasteiger partial charge in [0, 0.05) is 11.3 Å². The summed E-state index contributed by atoms with van der Waals surface area (Å²) in [4.78, 5) is 11.1. The summed E-state index contributed by atoms with van der Waals surface area (Å²) in [5.74, 6) is 2.68. The van der Waals surface area contributed by atoms with E-state index >= 15 is 0 Å². The average Bonchev–Trinajstić information content (AvgIpc) is 2.26. The molecule has 0 radical (unpaired) electrons. The number of benzene rings is 1. The van der Waals surface area contributed by atoms with Gasteiger partial charge in [-0.05, 0) is 30.9 Å². The first-order valence-corrected chi connectivity index (χ1v) is 6.69. The normalized spacial score (nSPS) is 10.2. The van der Waals surface area contributed by atoms with Crippen LogP contribution in [0.1, 0.15) is 24.2 Å². The van der Waals surface area contributed by atoms with Gasteiger partial charge in [-0.15, -0.1) is 0 Å². The van der Waals surface area contributed by atoms with Gasteiger partial charge in [0.25, 0.3) is 0 Å². The number of carbonyl (C=O) groups is 1. The number of ether oxygens (including phenoxy) is 1. The molecule has 0 aliphatic heterocycles. The van der Waals surface area contributed by atoms with E-state index in [1.54, 1.807) is 18.2 Å². The van der Waals surface area contributed by atoms with Gasteiger partial charge in [-0.25, -0.2) is 0 Å². The van der Waals surface area contributed by atoms with E-state index in [0.29, 0.717) is 22.9 Å². The second-order valence-corrected chi connectivity index (χ2v) is 5.05. The van der Waals surface area contributed by atoms with Gasteiger partial charge >= 0.3 is 0 Å². The number of halogens is 1. The molecule has 0 saturated carbocycles. The Labute approximate surface area is 105 Å². The molecule has 0 aliphatic carbocycles. The highest BCUT2D eigenvalue weighted by Crippen LogP contribution is 2.25. The van der Waals surface area contributed by atoms with Crippen LogP contribution in [0.15, 0.2) is 18.2 Å². The van der Waals surface area contributed by atoms with E-state index in [1.807, 2.05) is 11.8 Å². The van der Waals surface area contributed by atoms with Crippen molar-refractivity contribution < 1.29 is 9.53 Å². The molecule has 0 N–H and O–H groups in total. The highest BCUT2D eigenvalue weighted by molar-refractivity contribution is 7.99. The molecular weight excluding hydrogens is 244 g/mol. The Morgan fingerprint density at radius 2 is 2.25 bits per heavy atom. The lowest BCUT2D eigenvalue weighted by Gasteiger charge is -2.08. The molecule has 0 amide bonds. The number of hydrogen-bond donors (Lipinski definition) is 0. The molecule has 0 spiro atoms. The third kappa shape index (κ3) is 4.06. The fourth-order valence-electron chi connectivity index (χ4n) is 1.19. The molecule has 88 valence electrons. The summed E-state index contributed by atoms with van der Waals surface area (Å²) in [5, 5.41) is 0.495. The summed E-state index contributed by atoms with van der Waals surface area (Å²) in [6.45, 7) is 4.26. The summed E-state index contributed by atoms with van der Waals surface area (Å²) < 4.78 is 5.51. The van der Waals surface area contributed by atoms with E-state index in [-0.39, 0.29) is 5.78 Å². The zero-order valence-electron chi connectivity index (χ0n) is 9.46. The summed E-state index contributed by atoms with van der Waals surface area (Å²) in [7, 11) is 0. The molecule has 0 aromatic heterocycles. The minimum absolute atomic E-state index is 0.00925. The number of Topliss-reactive ketones (excluding diaryl/α,β-unsaturated/α-hetero) is 1. The Morgan fingerprint density at radius 3 is 2.81 bits per heavy atom. The fraction of sp³-hybridized carbons (Fsp3) is 0.417. The summed E-state index contributed by atoms with van der Waals surface area (Å²) in [5.41, 5.74) is 0.611. The lowest BCUT2D eigenvalue weighted by atomic mass is 10.1. The smallest absolute Gasteiger partial charge is 0.159 e. The SMILES string of the molecule is CCSCCOc1ccc(C(C)=O)cc1Cl. The molecule has 0 bridgehead atoms. The first-order valence-electron chi connectivity index (χ1n) is 5.16. The summed E-state index contributed by atoms with van der Waals surface area (Å²) in [6.07, 6.45) is 0. The van der Waals surface area contributed by atoms with Gasteiger partial charge in [-0.1, -0.05) is 18.5 Å². The van der Waals surface area contributed by atoms with Gasteiger partial charge in [0.2, 0.25) is 0 Å². The molecule has 0 heterocycles. The van der Waals surface area contributed by atoms with Gasteiger partial charge in [0.15, 0.2) is 5.78 Å². The predicted octanol–water partition coefficient (Wildman–Crippen LogP) is 3.67. The second kappa shape index (κ2) is 6.81. The minimum atomic E-state index is 0.00925. The van der Waals surface area contributed by atoms with E-state index in [9.17, 15) is 4.79 Å². The van der Waals surface area contributed by atoms with Crippen molar-refractivity contribution in [1.29, 1.82) is 0 Å². The number of hydrogen-bond acceptors (Lipinski definition) is 3. The van der Waals surface area contributed by atoms with E-state index in [0.717, 1.165) is 11.5 Å². The van der Waals surface area contributed by atoms with Gasteiger partial charge < -0.3 is 4.74 Å². The highest BCUT2D eigenvalue weighted by Gasteiger charge is 2.05. The molecule has 0 atom stereocenters. The van der Waals surface area contributed by atoms with E-state index < -0.39 is 0 Å². The molecule has 1 rings (SSSR count). The maximum atomic E-state index is 11.1. The van der Waals surface area contributed by atoms with Crippen LogP contribution in [-0.2, 0) is 0 Å². The van der Waals surface area contributed by atoms with Crippen molar-refractivity contribution in [2.45, 2.75) is 13.8 Å².